The summed E-state index contributed by atoms with van der Waals surface area (Å²) in [6.45, 7) is 5.87. The number of hydrogen-bond acceptors (Lipinski definition) is 3. The van der Waals surface area contributed by atoms with E-state index in [2.05, 4.69) is 17.6 Å². The van der Waals surface area contributed by atoms with Crippen molar-refractivity contribution in [3.05, 3.63) is 28.8 Å². The zero-order chi connectivity index (χ0) is 15.1. The highest BCUT2D eigenvalue weighted by Gasteiger charge is 2.15. The van der Waals surface area contributed by atoms with Crippen LogP contribution in [0.4, 0.5) is 5.69 Å². The Morgan fingerprint density at radius 2 is 2.15 bits per heavy atom. The molecular formula is C15H20ClN3O. The van der Waals surface area contributed by atoms with E-state index < -0.39 is 0 Å². The quantitative estimate of drug-likeness (QED) is 0.845. The summed E-state index contributed by atoms with van der Waals surface area (Å²) in [6, 6.07) is 6.83. The topological polar surface area (TPSA) is 64.9 Å². The lowest BCUT2D eigenvalue weighted by atomic mass is 10.1. The maximum Gasteiger partial charge on any atom is 0.242 e. The molecule has 2 N–H and O–H groups in total. The highest BCUT2D eigenvalue weighted by atomic mass is 35.5. The predicted molar refractivity (Wildman–Crippen MR) is 81.8 cm³/mol. The molecule has 0 aliphatic rings. The Hall–Kier alpha value is -1.73. The molecule has 0 radical (unpaired) electrons. The van der Waals surface area contributed by atoms with E-state index in [1.54, 1.807) is 25.1 Å². The zero-order valence-corrected chi connectivity index (χ0v) is 12.8. The van der Waals surface area contributed by atoms with Crippen molar-refractivity contribution >= 4 is 23.2 Å². The van der Waals surface area contributed by atoms with Crippen molar-refractivity contribution in [3.8, 4) is 6.07 Å². The SMILES string of the molecule is CCCC(C)NC(=O)C(C)Nc1ccc(C#N)c(Cl)c1. The lowest BCUT2D eigenvalue weighted by Crippen LogP contribution is -2.42. The second-order valence-corrected chi connectivity index (χ2v) is 5.28. The number of halogens is 1. The maximum absolute atomic E-state index is 12.0. The van der Waals surface area contributed by atoms with Gasteiger partial charge in [-0.25, -0.2) is 0 Å². The van der Waals surface area contributed by atoms with E-state index in [9.17, 15) is 4.79 Å². The lowest BCUT2D eigenvalue weighted by Gasteiger charge is -2.19. The molecule has 0 saturated carbocycles. The van der Waals surface area contributed by atoms with Crippen LogP contribution in [0.2, 0.25) is 5.02 Å². The van der Waals surface area contributed by atoms with Gasteiger partial charge in [0.05, 0.1) is 10.6 Å². The molecular weight excluding hydrogens is 274 g/mol. The van der Waals surface area contributed by atoms with Crippen LogP contribution < -0.4 is 10.6 Å². The summed E-state index contributed by atoms with van der Waals surface area (Å²) in [5.74, 6) is -0.0496. The molecule has 1 aromatic carbocycles. The molecule has 20 heavy (non-hydrogen) atoms. The molecule has 4 nitrogen and oxygen atoms in total. The van der Waals surface area contributed by atoms with Crippen molar-refractivity contribution in [1.29, 1.82) is 5.26 Å². The van der Waals surface area contributed by atoms with Crippen LogP contribution in [0.3, 0.4) is 0 Å². The third kappa shape index (κ3) is 4.75. The number of hydrogen-bond donors (Lipinski definition) is 2. The van der Waals surface area contributed by atoms with Gasteiger partial charge in [0.2, 0.25) is 5.91 Å². The van der Waals surface area contributed by atoms with Crippen LogP contribution in [0.5, 0.6) is 0 Å². The maximum atomic E-state index is 12.0. The number of benzene rings is 1. The molecule has 5 heteroatoms. The summed E-state index contributed by atoms with van der Waals surface area (Å²) in [5, 5.41) is 15.2. The van der Waals surface area contributed by atoms with E-state index in [1.807, 2.05) is 13.0 Å². The Bertz CT molecular complexity index is 510. The van der Waals surface area contributed by atoms with Gasteiger partial charge in [0.25, 0.3) is 0 Å². The van der Waals surface area contributed by atoms with Crippen molar-refractivity contribution in [2.45, 2.75) is 45.7 Å². The molecule has 2 atom stereocenters. The molecule has 0 aliphatic heterocycles. The number of rotatable bonds is 6. The standard InChI is InChI=1S/C15H20ClN3O/c1-4-5-10(2)18-15(20)11(3)19-13-7-6-12(9-17)14(16)8-13/h6-8,10-11,19H,4-5H2,1-3H3,(H,18,20). The first-order valence-corrected chi connectivity index (χ1v) is 7.12. The minimum atomic E-state index is -0.363. The van der Waals surface area contributed by atoms with Crippen molar-refractivity contribution in [2.75, 3.05) is 5.32 Å². The highest BCUT2D eigenvalue weighted by molar-refractivity contribution is 6.32. The van der Waals surface area contributed by atoms with Crippen LogP contribution in [0.25, 0.3) is 0 Å². The van der Waals surface area contributed by atoms with Crippen LogP contribution in [-0.2, 0) is 4.79 Å². The van der Waals surface area contributed by atoms with Gasteiger partial charge < -0.3 is 10.6 Å². The molecule has 0 aliphatic carbocycles. The molecule has 1 aromatic rings. The van der Waals surface area contributed by atoms with E-state index >= 15 is 0 Å². The van der Waals surface area contributed by atoms with Crippen molar-refractivity contribution in [1.82, 2.24) is 5.32 Å². The Kier molecular flexibility index (Phi) is 6.33. The summed E-state index contributed by atoms with van der Waals surface area (Å²) in [5.41, 5.74) is 1.14. The van der Waals surface area contributed by atoms with E-state index in [1.165, 1.54) is 0 Å². The molecule has 1 amide bonds. The van der Waals surface area contributed by atoms with Gasteiger partial charge in [-0.05, 0) is 38.5 Å². The molecule has 1 rings (SSSR count). The van der Waals surface area contributed by atoms with E-state index in [0.29, 0.717) is 10.6 Å². The summed E-state index contributed by atoms with van der Waals surface area (Å²) < 4.78 is 0. The minimum Gasteiger partial charge on any atom is -0.374 e. The molecule has 0 aromatic heterocycles. The van der Waals surface area contributed by atoms with Gasteiger partial charge >= 0.3 is 0 Å². The smallest absolute Gasteiger partial charge is 0.242 e. The average Bonchev–Trinajstić information content (AvgIpc) is 2.39. The zero-order valence-electron chi connectivity index (χ0n) is 12.0. The molecule has 0 spiro atoms. The Balaban J connectivity index is 2.62. The van der Waals surface area contributed by atoms with Crippen LogP contribution in [0.1, 0.15) is 39.2 Å². The molecule has 108 valence electrons. The van der Waals surface area contributed by atoms with Gasteiger partial charge in [-0.1, -0.05) is 24.9 Å². The van der Waals surface area contributed by atoms with Crippen LogP contribution in [0, 0.1) is 11.3 Å². The second-order valence-electron chi connectivity index (χ2n) is 4.87. The van der Waals surface area contributed by atoms with E-state index in [-0.39, 0.29) is 18.0 Å². The first kappa shape index (κ1) is 16.3. The van der Waals surface area contributed by atoms with Gasteiger partial charge in [0, 0.05) is 11.7 Å². The number of nitrogens with zero attached hydrogens (tertiary/aromatic N) is 1. The van der Waals surface area contributed by atoms with Crippen molar-refractivity contribution in [3.63, 3.8) is 0 Å². The first-order chi connectivity index (χ1) is 9.47. The molecule has 0 fully saturated rings. The Labute approximate surface area is 125 Å². The number of carbonyl (C=O) groups excluding carboxylic acids is 1. The van der Waals surface area contributed by atoms with Gasteiger partial charge in [-0.2, -0.15) is 5.26 Å². The Morgan fingerprint density at radius 3 is 2.70 bits per heavy atom. The number of nitrogens with one attached hydrogen (secondary N) is 2. The molecule has 0 saturated heterocycles. The summed E-state index contributed by atoms with van der Waals surface area (Å²) in [4.78, 5) is 12.0. The summed E-state index contributed by atoms with van der Waals surface area (Å²) in [6.07, 6.45) is 2.00. The number of carbonyl (C=O) groups is 1. The van der Waals surface area contributed by atoms with E-state index in [4.69, 9.17) is 16.9 Å². The predicted octanol–water partition coefficient (Wildman–Crippen LogP) is 3.32. The molecule has 2 unspecified atom stereocenters. The van der Waals surface area contributed by atoms with Crippen molar-refractivity contribution < 1.29 is 4.79 Å². The van der Waals surface area contributed by atoms with Crippen LogP contribution >= 0.6 is 11.6 Å². The lowest BCUT2D eigenvalue weighted by molar-refractivity contribution is -0.122. The fourth-order valence-corrected chi connectivity index (χ4v) is 2.11. The highest BCUT2D eigenvalue weighted by Crippen LogP contribution is 2.20. The fraction of sp³-hybridized carbons (Fsp3) is 0.467. The third-order valence-electron chi connectivity index (χ3n) is 2.98. The number of amides is 1. The normalized spacial score (nSPS) is 13.2. The van der Waals surface area contributed by atoms with Crippen LogP contribution in [0.15, 0.2) is 18.2 Å². The molecule has 0 heterocycles. The summed E-state index contributed by atoms with van der Waals surface area (Å²) in [7, 11) is 0. The van der Waals surface area contributed by atoms with E-state index in [0.717, 1.165) is 18.5 Å². The van der Waals surface area contributed by atoms with Crippen LogP contribution in [-0.4, -0.2) is 18.0 Å². The summed E-state index contributed by atoms with van der Waals surface area (Å²) >= 11 is 5.96. The van der Waals surface area contributed by atoms with Crippen molar-refractivity contribution in [2.24, 2.45) is 0 Å². The van der Waals surface area contributed by atoms with Gasteiger partial charge in [0.1, 0.15) is 12.1 Å². The largest absolute Gasteiger partial charge is 0.374 e. The number of nitriles is 1. The van der Waals surface area contributed by atoms with Gasteiger partial charge in [-0.15, -0.1) is 0 Å². The molecule has 0 bridgehead atoms. The first-order valence-electron chi connectivity index (χ1n) is 6.74. The Morgan fingerprint density at radius 1 is 1.45 bits per heavy atom. The monoisotopic (exact) mass is 293 g/mol. The second kappa shape index (κ2) is 7.76. The third-order valence-corrected chi connectivity index (χ3v) is 3.29. The minimum absolute atomic E-state index is 0.0496. The van der Waals surface area contributed by atoms with Gasteiger partial charge in [-0.3, -0.25) is 4.79 Å². The van der Waals surface area contributed by atoms with Gasteiger partial charge in [0.15, 0.2) is 0 Å². The fourth-order valence-electron chi connectivity index (χ4n) is 1.88. The average molecular weight is 294 g/mol. The number of anilines is 1.